The summed E-state index contributed by atoms with van der Waals surface area (Å²) in [4.78, 5) is 1.42. The summed E-state index contributed by atoms with van der Waals surface area (Å²) < 4.78 is 0. The van der Waals surface area contributed by atoms with Crippen LogP contribution in [0.2, 0.25) is 0 Å². The summed E-state index contributed by atoms with van der Waals surface area (Å²) in [7, 11) is 2.10. The van der Waals surface area contributed by atoms with Gasteiger partial charge in [0.05, 0.1) is 0 Å². The second-order valence-corrected chi connectivity index (χ2v) is 7.92. The van der Waals surface area contributed by atoms with Crippen molar-refractivity contribution in [1.82, 2.24) is 5.32 Å². The molecule has 2 rings (SSSR count). The summed E-state index contributed by atoms with van der Waals surface area (Å²) in [5, 5.41) is 4.22. The normalized spacial score (nSPS) is 24.4. The predicted octanol–water partition coefficient (Wildman–Crippen LogP) is 4.61. The first-order valence-electron chi connectivity index (χ1n) is 7.45. The summed E-state index contributed by atoms with van der Waals surface area (Å²) in [5.41, 5.74) is 1.67. The maximum absolute atomic E-state index is 3.49. The molecule has 0 aromatic heterocycles. The zero-order valence-corrected chi connectivity index (χ0v) is 13.5. The van der Waals surface area contributed by atoms with Crippen LogP contribution in [0, 0.1) is 0 Å². The smallest absolute Gasteiger partial charge is 0.0248 e. The first-order valence-corrected chi connectivity index (χ1v) is 8.33. The van der Waals surface area contributed by atoms with Gasteiger partial charge in [-0.15, -0.1) is 11.8 Å². The summed E-state index contributed by atoms with van der Waals surface area (Å²) in [5.74, 6) is 0. The van der Waals surface area contributed by atoms with Crippen LogP contribution >= 0.6 is 11.8 Å². The number of hydrogen-bond acceptors (Lipinski definition) is 2. The van der Waals surface area contributed by atoms with Crippen molar-refractivity contribution in [2.45, 2.75) is 68.1 Å². The highest BCUT2D eigenvalue weighted by Crippen LogP contribution is 2.34. The van der Waals surface area contributed by atoms with E-state index in [1.807, 2.05) is 0 Å². The van der Waals surface area contributed by atoms with E-state index >= 15 is 0 Å². The molecule has 1 fully saturated rings. The van der Waals surface area contributed by atoms with Gasteiger partial charge in [0, 0.05) is 16.2 Å². The quantitative estimate of drug-likeness (QED) is 0.866. The van der Waals surface area contributed by atoms with E-state index in [4.69, 9.17) is 0 Å². The maximum Gasteiger partial charge on any atom is 0.0248 e. The van der Waals surface area contributed by atoms with E-state index in [9.17, 15) is 0 Å². The third kappa shape index (κ3) is 4.00. The van der Waals surface area contributed by atoms with E-state index < -0.39 is 0 Å². The van der Waals surface area contributed by atoms with Gasteiger partial charge < -0.3 is 5.32 Å². The molecule has 2 unspecified atom stereocenters. The molecule has 0 saturated heterocycles. The molecule has 1 aromatic rings. The fraction of sp³-hybridized carbons (Fsp3) is 0.647. The first-order chi connectivity index (χ1) is 9.00. The molecular weight excluding hydrogens is 250 g/mol. The number of thioether (sulfide) groups is 1. The molecule has 1 saturated carbocycles. The highest BCUT2D eigenvalue weighted by Gasteiger charge is 2.24. The van der Waals surface area contributed by atoms with E-state index in [2.05, 4.69) is 69.2 Å². The maximum atomic E-state index is 3.49. The molecular formula is C17H27NS. The highest BCUT2D eigenvalue weighted by atomic mass is 32.2. The Morgan fingerprint density at radius 1 is 1.05 bits per heavy atom. The standard InChI is InChI=1S/C17H27NS/c1-17(2,3)13-9-11-14(12-10-13)19-16-8-6-5-7-15(16)18-4/h9-12,15-16,18H,5-8H2,1-4H3. The van der Waals surface area contributed by atoms with Crippen LogP contribution in [0.25, 0.3) is 0 Å². The molecule has 0 bridgehead atoms. The molecule has 19 heavy (non-hydrogen) atoms. The molecule has 0 radical (unpaired) electrons. The van der Waals surface area contributed by atoms with Gasteiger partial charge in [0.15, 0.2) is 0 Å². The van der Waals surface area contributed by atoms with Gasteiger partial charge in [-0.05, 0) is 43.0 Å². The van der Waals surface area contributed by atoms with Gasteiger partial charge in [-0.25, -0.2) is 0 Å². The minimum absolute atomic E-state index is 0.252. The summed E-state index contributed by atoms with van der Waals surface area (Å²) in [6.07, 6.45) is 5.44. The van der Waals surface area contributed by atoms with E-state index in [0.29, 0.717) is 6.04 Å². The fourth-order valence-corrected chi connectivity index (χ4v) is 4.14. The van der Waals surface area contributed by atoms with Gasteiger partial charge in [0.25, 0.3) is 0 Å². The van der Waals surface area contributed by atoms with Crippen molar-refractivity contribution in [2.24, 2.45) is 0 Å². The van der Waals surface area contributed by atoms with E-state index in [1.54, 1.807) is 0 Å². The second-order valence-electron chi connectivity index (χ2n) is 6.61. The Bertz CT molecular complexity index is 391. The van der Waals surface area contributed by atoms with Crippen molar-refractivity contribution in [2.75, 3.05) is 7.05 Å². The molecule has 1 aliphatic rings. The topological polar surface area (TPSA) is 12.0 Å². The first kappa shape index (κ1) is 14.9. The molecule has 2 heteroatoms. The van der Waals surface area contributed by atoms with Gasteiger partial charge in [-0.1, -0.05) is 45.7 Å². The Kier molecular flexibility index (Phi) is 4.97. The van der Waals surface area contributed by atoms with Crippen LogP contribution in [-0.2, 0) is 5.41 Å². The third-order valence-corrected chi connectivity index (χ3v) is 5.49. The Labute approximate surface area is 122 Å². The van der Waals surface area contributed by atoms with Crippen molar-refractivity contribution in [3.8, 4) is 0 Å². The number of nitrogens with one attached hydrogen (secondary N) is 1. The lowest BCUT2D eigenvalue weighted by molar-refractivity contribution is 0.405. The van der Waals surface area contributed by atoms with E-state index in [1.165, 1.54) is 36.1 Å². The van der Waals surface area contributed by atoms with E-state index in [0.717, 1.165) is 5.25 Å². The van der Waals surface area contributed by atoms with Crippen LogP contribution < -0.4 is 5.32 Å². The van der Waals surface area contributed by atoms with Gasteiger partial charge in [0.1, 0.15) is 0 Å². The van der Waals surface area contributed by atoms with E-state index in [-0.39, 0.29) is 5.41 Å². The number of rotatable bonds is 3. The summed E-state index contributed by atoms with van der Waals surface area (Å²) >= 11 is 2.05. The van der Waals surface area contributed by atoms with Gasteiger partial charge >= 0.3 is 0 Å². The van der Waals surface area contributed by atoms with Crippen molar-refractivity contribution in [3.05, 3.63) is 29.8 Å². The molecule has 1 nitrogen and oxygen atoms in total. The molecule has 0 spiro atoms. The fourth-order valence-electron chi connectivity index (χ4n) is 2.78. The predicted molar refractivity (Wildman–Crippen MR) is 86.1 cm³/mol. The van der Waals surface area contributed by atoms with Gasteiger partial charge in [-0.3, -0.25) is 0 Å². The Morgan fingerprint density at radius 3 is 2.26 bits per heavy atom. The van der Waals surface area contributed by atoms with Crippen LogP contribution in [0.1, 0.15) is 52.0 Å². The van der Waals surface area contributed by atoms with Crippen LogP contribution in [0.15, 0.2) is 29.2 Å². The lowest BCUT2D eigenvalue weighted by Crippen LogP contribution is -2.38. The van der Waals surface area contributed by atoms with Gasteiger partial charge in [-0.2, -0.15) is 0 Å². The van der Waals surface area contributed by atoms with Gasteiger partial charge in [0.2, 0.25) is 0 Å². The molecule has 1 aromatic carbocycles. The zero-order valence-electron chi connectivity index (χ0n) is 12.7. The third-order valence-electron chi connectivity index (χ3n) is 4.08. The summed E-state index contributed by atoms with van der Waals surface area (Å²) in [6, 6.07) is 9.86. The highest BCUT2D eigenvalue weighted by molar-refractivity contribution is 8.00. The Balaban J connectivity index is 2.02. The molecule has 106 valence electrons. The zero-order chi connectivity index (χ0) is 13.9. The molecule has 2 atom stereocenters. The SMILES string of the molecule is CNC1CCCCC1Sc1ccc(C(C)(C)C)cc1. The molecule has 1 aliphatic carbocycles. The monoisotopic (exact) mass is 277 g/mol. The Morgan fingerprint density at radius 2 is 1.68 bits per heavy atom. The van der Waals surface area contributed by atoms with Crippen molar-refractivity contribution >= 4 is 11.8 Å². The van der Waals surface area contributed by atoms with Crippen molar-refractivity contribution < 1.29 is 0 Å². The van der Waals surface area contributed by atoms with Crippen LogP contribution in [-0.4, -0.2) is 18.3 Å². The lowest BCUT2D eigenvalue weighted by Gasteiger charge is -2.31. The van der Waals surface area contributed by atoms with Crippen molar-refractivity contribution in [1.29, 1.82) is 0 Å². The van der Waals surface area contributed by atoms with Crippen LogP contribution in [0.3, 0.4) is 0 Å². The van der Waals surface area contributed by atoms with Crippen molar-refractivity contribution in [3.63, 3.8) is 0 Å². The average Bonchev–Trinajstić information content (AvgIpc) is 2.39. The largest absolute Gasteiger partial charge is 0.316 e. The van der Waals surface area contributed by atoms with Crippen LogP contribution in [0.5, 0.6) is 0 Å². The molecule has 1 N–H and O–H groups in total. The lowest BCUT2D eigenvalue weighted by atomic mass is 9.87. The molecule has 0 heterocycles. The second kappa shape index (κ2) is 6.32. The number of benzene rings is 1. The number of hydrogen-bond donors (Lipinski definition) is 1. The summed E-state index contributed by atoms with van der Waals surface area (Å²) in [6.45, 7) is 6.81. The molecule has 0 aliphatic heterocycles. The Hall–Kier alpha value is -0.470. The minimum Gasteiger partial charge on any atom is -0.316 e. The molecule has 0 amide bonds. The average molecular weight is 277 g/mol. The van der Waals surface area contributed by atoms with Crippen LogP contribution in [0.4, 0.5) is 0 Å². The minimum atomic E-state index is 0.252.